The molecule has 0 aliphatic heterocycles. The molecule has 0 aromatic heterocycles. The number of hydrogen-bond donors (Lipinski definition) is 1. The first kappa shape index (κ1) is 15.3. The summed E-state index contributed by atoms with van der Waals surface area (Å²) in [5.41, 5.74) is 6.14. The van der Waals surface area contributed by atoms with Crippen molar-refractivity contribution in [3.63, 3.8) is 0 Å². The smallest absolute Gasteiger partial charge is 0.0608 e. The van der Waals surface area contributed by atoms with Crippen molar-refractivity contribution in [2.45, 2.75) is 77.9 Å². The van der Waals surface area contributed by atoms with Crippen LogP contribution in [-0.4, -0.2) is 18.8 Å². The highest BCUT2D eigenvalue weighted by atomic mass is 16.5. The molecule has 0 radical (unpaired) electrons. The van der Waals surface area contributed by atoms with Crippen LogP contribution in [0.1, 0.15) is 65.7 Å². The van der Waals surface area contributed by atoms with Crippen molar-refractivity contribution in [3.05, 3.63) is 0 Å². The highest BCUT2D eigenvalue weighted by Gasteiger charge is 2.31. The van der Waals surface area contributed by atoms with Crippen LogP contribution >= 0.6 is 0 Å². The SMILES string of the molecule is CC1CCC(C(C)C)C(OCCC2CCCC2N)C1. The molecule has 0 aromatic rings. The normalized spacial score (nSPS) is 39.9. The molecule has 19 heavy (non-hydrogen) atoms. The van der Waals surface area contributed by atoms with Crippen LogP contribution in [0.3, 0.4) is 0 Å². The maximum absolute atomic E-state index is 6.28. The number of ether oxygens (including phenoxy) is 1. The topological polar surface area (TPSA) is 35.2 Å². The van der Waals surface area contributed by atoms with Crippen LogP contribution in [0.25, 0.3) is 0 Å². The molecule has 0 bridgehead atoms. The van der Waals surface area contributed by atoms with E-state index in [9.17, 15) is 0 Å². The zero-order valence-electron chi connectivity index (χ0n) is 13.1. The summed E-state index contributed by atoms with van der Waals surface area (Å²) in [7, 11) is 0. The van der Waals surface area contributed by atoms with E-state index in [2.05, 4.69) is 20.8 Å². The summed E-state index contributed by atoms with van der Waals surface area (Å²) >= 11 is 0. The minimum Gasteiger partial charge on any atom is -0.378 e. The van der Waals surface area contributed by atoms with Gasteiger partial charge >= 0.3 is 0 Å². The van der Waals surface area contributed by atoms with Gasteiger partial charge in [0.2, 0.25) is 0 Å². The first-order valence-corrected chi connectivity index (χ1v) is 8.45. The Morgan fingerprint density at radius 1 is 1.16 bits per heavy atom. The second kappa shape index (κ2) is 7.08. The third-order valence-electron chi connectivity index (χ3n) is 5.50. The molecule has 2 N–H and O–H groups in total. The second-order valence-electron chi connectivity index (χ2n) is 7.38. The van der Waals surface area contributed by atoms with E-state index in [1.807, 2.05) is 0 Å². The van der Waals surface area contributed by atoms with Crippen molar-refractivity contribution in [2.24, 2.45) is 29.4 Å². The second-order valence-corrected chi connectivity index (χ2v) is 7.38. The van der Waals surface area contributed by atoms with E-state index in [-0.39, 0.29) is 0 Å². The molecule has 0 heterocycles. The van der Waals surface area contributed by atoms with E-state index < -0.39 is 0 Å². The Hall–Kier alpha value is -0.0800. The van der Waals surface area contributed by atoms with Crippen molar-refractivity contribution in [3.8, 4) is 0 Å². The molecule has 0 saturated heterocycles. The van der Waals surface area contributed by atoms with Gasteiger partial charge in [0, 0.05) is 12.6 Å². The van der Waals surface area contributed by atoms with Gasteiger partial charge in [-0.25, -0.2) is 0 Å². The van der Waals surface area contributed by atoms with Gasteiger partial charge in [-0.05, 0) is 55.8 Å². The maximum Gasteiger partial charge on any atom is 0.0608 e. The Morgan fingerprint density at radius 3 is 2.58 bits per heavy atom. The predicted molar refractivity (Wildman–Crippen MR) is 81.0 cm³/mol. The number of hydrogen-bond acceptors (Lipinski definition) is 2. The van der Waals surface area contributed by atoms with Crippen LogP contribution in [0.15, 0.2) is 0 Å². The third kappa shape index (κ3) is 4.19. The first-order chi connectivity index (χ1) is 9.08. The van der Waals surface area contributed by atoms with Crippen LogP contribution < -0.4 is 5.73 Å². The van der Waals surface area contributed by atoms with E-state index in [1.165, 1.54) is 44.9 Å². The average Bonchev–Trinajstić information content (AvgIpc) is 2.75. The molecular weight excluding hydrogens is 234 g/mol. The van der Waals surface area contributed by atoms with Crippen molar-refractivity contribution in [1.82, 2.24) is 0 Å². The fraction of sp³-hybridized carbons (Fsp3) is 1.00. The summed E-state index contributed by atoms with van der Waals surface area (Å²) in [5, 5.41) is 0. The molecule has 2 rings (SSSR count). The largest absolute Gasteiger partial charge is 0.378 e. The standard InChI is InChI=1S/C17H33NO/c1-12(2)15-8-7-13(3)11-17(15)19-10-9-14-5-4-6-16(14)18/h12-17H,4-11,18H2,1-3H3. The van der Waals surface area contributed by atoms with Gasteiger partial charge in [0.15, 0.2) is 0 Å². The van der Waals surface area contributed by atoms with Gasteiger partial charge in [0.05, 0.1) is 6.10 Å². The van der Waals surface area contributed by atoms with Crippen molar-refractivity contribution < 1.29 is 4.74 Å². The predicted octanol–water partition coefficient (Wildman–Crippen LogP) is 3.98. The molecule has 0 aromatic carbocycles. The monoisotopic (exact) mass is 267 g/mol. The van der Waals surface area contributed by atoms with E-state index in [4.69, 9.17) is 10.5 Å². The molecule has 2 aliphatic carbocycles. The fourth-order valence-corrected chi connectivity index (χ4v) is 4.10. The van der Waals surface area contributed by atoms with E-state index in [1.54, 1.807) is 0 Å². The van der Waals surface area contributed by atoms with Crippen LogP contribution in [0, 0.1) is 23.7 Å². The fourth-order valence-electron chi connectivity index (χ4n) is 4.10. The molecule has 2 saturated carbocycles. The average molecular weight is 267 g/mol. The summed E-state index contributed by atoms with van der Waals surface area (Å²) in [6.07, 6.45) is 9.54. The molecule has 0 spiro atoms. The lowest BCUT2D eigenvalue weighted by Gasteiger charge is -2.37. The Bertz CT molecular complexity index is 266. The molecule has 2 aliphatic rings. The molecule has 2 fully saturated rings. The minimum atomic E-state index is 0.440. The van der Waals surface area contributed by atoms with Crippen LogP contribution in [0.5, 0.6) is 0 Å². The summed E-state index contributed by atoms with van der Waals surface area (Å²) in [5.74, 6) is 3.09. The van der Waals surface area contributed by atoms with Crippen molar-refractivity contribution >= 4 is 0 Å². The summed E-state index contributed by atoms with van der Waals surface area (Å²) < 4.78 is 6.28. The highest BCUT2D eigenvalue weighted by molar-refractivity contribution is 4.83. The lowest BCUT2D eigenvalue weighted by molar-refractivity contribution is -0.0425. The number of rotatable bonds is 5. The molecule has 5 unspecified atom stereocenters. The molecule has 2 heteroatoms. The Balaban J connectivity index is 1.75. The highest BCUT2D eigenvalue weighted by Crippen LogP contribution is 2.36. The third-order valence-corrected chi connectivity index (χ3v) is 5.50. The first-order valence-electron chi connectivity index (χ1n) is 8.45. The van der Waals surface area contributed by atoms with Gasteiger partial charge in [-0.15, -0.1) is 0 Å². The van der Waals surface area contributed by atoms with Gasteiger partial charge in [0.25, 0.3) is 0 Å². The molecule has 112 valence electrons. The zero-order valence-corrected chi connectivity index (χ0v) is 13.1. The number of nitrogens with two attached hydrogens (primary N) is 1. The Labute approximate surface area is 119 Å². The molecule has 5 atom stereocenters. The van der Waals surface area contributed by atoms with Crippen LogP contribution in [0.4, 0.5) is 0 Å². The molecular formula is C17H33NO. The lowest BCUT2D eigenvalue weighted by atomic mass is 9.75. The van der Waals surface area contributed by atoms with Gasteiger partial charge in [-0.3, -0.25) is 0 Å². The van der Waals surface area contributed by atoms with Crippen LogP contribution in [0.2, 0.25) is 0 Å². The van der Waals surface area contributed by atoms with Crippen molar-refractivity contribution in [1.29, 1.82) is 0 Å². The quantitative estimate of drug-likeness (QED) is 0.817. The van der Waals surface area contributed by atoms with E-state index >= 15 is 0 Å². The summed E-state index contributed by atoms with van der Waals surface area (Å²) in [4.78, 5) is 0. The zero-order chi connectivity index (χ0) is 13.8. The minimum absolute atomic E-state index is 0.440. The van der Waals surface area contributed by atoms with Gasteiger partial charge in [-0.1, -0.05) is 33.6 Å². The van der Waals surface area contributed by atoms with E-state index in [0.29, 0.717) is 12.1 Å². The maximum atomic E-state index is 6.28. The van der Waals surface area contributed by atoms with Gasteiger partial charge in [-0.2, -0.15) is 0 Å². The van der Waals surface area contributed by atoms with Gasteiger partial charge in [0.1, 0.15) is 0 Å². The van der Waals surface area contributed by atoms with E-state index in [0.717, 1.165) is 30.3 Å². The molecule has 2 nitrogen and oxygen atoms in total. The summed E-state index contributed by atoms with van der Waals surface area (Å²) in [6.45, 7) is 8.01. The summed E-state index contributed by atoms with van der Waals surface area (Å²) in [6, 6.07) is 0.440. The van der Waals surface area contributed by atoms with Crippen LogP contribution in [-0.2, 0) is 4.74 Å². The van der Waals surface area contributed by atoms with Gasteiger partial charge < -0.3 is 10.5 Å². The Kier molecular flexibility index (Phi) is 5.70. The lowest BCUT2D eigenvalue weighted by Crippen LogP contribution is -2.35. The van der Waals surface area contributed by atoms with Crippen molar-refractivity contribution in [2.75, 3.05) is 6.61 Å². The molecule has 0 amide bonds. The Morgan fingerprint density at radius 2 is 1.95 bits per heavy atom.